The van der Waals surface area contributed by atoms with Gasteiger partial charge in [-0.3, -0.25) is 4.98 Å². The summed E-state index contributed by atoms with van der Waals surface area (Å²) in [7, 11) is 0. The van der Waals surface area contributed by atoms with E-state index in [0.29, 0.717) is 16.8 Å². The molecule has 0 aliphatic carbocycles. The van der Waals surface area contributed by atoms with E-state index in [1.807, 2.05) is 0 Å². The number of ether oxygens (including phenoxy) is 1. The van der Waals surface area contributed by atoms with Crippen molar-refractivity contribution < 1.29 is 17.9 Å². The predicted molar refractivity (Wildman–Crippen MR) is 91.3 cm³/mol. The van der Waals surface area contributed by atoms with E-state index in [0.717, 1.165) is 6.20 Å². The first kappa shape index (κ1) is 17.6. The van der Waals surface area contributed by atoms with Crippen LogP contribution in [0.2, 0.25) is 0 Å². The molecule has 0 radical (unpaired) electrons. The third kappa shape index (κ3) is 4.27. The Morgan fingerprint density at radius 3 is 2.52 bits per heavy atom. The van der Waals surface area contributed by atoms with E-state index in [2.05, 4.69) is 9.72 Å². The molecule has 0 N–H and O–H groups in total. The molecule has 8 heteroatoms. The summed E-state index contributed by atoms with van der Waals surface area (Å²) >= 11 is 11.2. The molecule has 0 fully saturated rings. The van der Waals surface area contributed by atoms with E-state index >= 15 is 0 Å². The number of aromatic nitrogens is 1. The van der Waals surface area contributed by atoms with Crippen molar-refractivity contribution in [3.63, 3.8) is 0 Å². The topological polar surface area (TPSA) is 25.4 Å². The maximum absolute atomic E-state index is 13.4. The smallest absolute Gasteiger partial charge is 0.420 e. The molecule has 2 heterocycles. The summed E-state index contributed by atoms with van der Waals surface area (Å²) in [5, 5.41) is 0. The zero-order chi connectivity index (χ0) is 18.0. The van der Waals surface area contributed by atoms with Gasteiger partial charge in [0, 0.05) is 35.2 Å². The molecule has 0 saturated heterocycles. The lowest BCUT2D eigenvalue weighted by atomic mass is 10.0. The molecule has 1 aromatic heterocycles. The third-order valence-electron chi connectivity index (χ3n) is 3.43. The second-order valence-corrected chi connectivity index (χ2v) is 5.99. The van der Waals surface area contributed by atoms with Crippen molar-refractivity contribution in [2.75, 3.05) is 4.90 Å². The highest BCUT2D eigenvalue weighted by molar-refractivity contribution is 6.28. The van der Waals surface area contributed by atoms with E-state index in [1.165, 1.54) is 24.4 Å². The van der Waals surface area contributed by atoms with E-state index in [4.69, 9.17) is 23.2 Å². The molecule has 0 bridgehead atoms. The van der Waals surface area contributed by atoms with Crippen molar-refractivity contribution in [1.82, 2.24) is 4.98 Å². The fourth-order valence-corrected chi connectivity index (χ4v) is 2.85. The minimum Gasteiger partial charge on any atom is -0.420 e. The van der Waals surface area contributed by atoms with Gasteiger partial charge in [-0.2, -0.15) is 0 Å². The van der Waals surface area contributed by atoms with Crippen LogP contribution in [-0.2, 0) is 0 Å². The van der Waals surface area contributed by atoms with Gasteiger partial charge < -0.3 is 9.64 Å². The molecule has 1 atom stereocenters. The number of hydrogen-bond donors (Lipinski definition) is 0. The molecule has 1 unspecified atom stereocenters. The van der Waals surface area contributed by atoms with Crippen LogP contribution in [0.25, 0.3) is 5.57 Å². The molecular weight excluding hydrogens is 376 g/mol. The molecule has 3 rings (SSSR count). The Morgan fingerprint density at radius 2 is 1.88 bits per heavy atom. The summed E-state index contributed by atoms with van der Waals surface area (Å²) in [6.07, 6.45) is 7.85. The molecule has 3 nitrogen and oxygen atoms in total. The minimum atomic E-state index is -3.78. The number of alkyl halides is 4. The lowest BCUT2D eigenvalue weighted by Gasteiger charge is -2.30. The molecular formula is C17H11Cl2F3N2O. The molecule has 1 aromatic carbocycles. The number of nitrogens with zero attached hydrogens (tertiary/aromatic N) is 2. The summed E-state index contributed by atoms with van der Waals surface area (Å²) in [6.45, 7) is 0. The zero-order valence-corrected chi connectivity index (χ0v) is 14.1. The van der Waals surface area contributed by atoms with Crippen molar-refractivity contribution in [3.8, 4) is 5.75 Å². The Bertz CT molecular complexity index is 819. The number of rotatable bonds is 4. The van der Waals surface area contributed by atoms with Crippen molar-refractivity contribution in [2.24, 2.45) is 0 Å². The summed E-state index contributed by atoms with van der Waals surface area (Å²) in [5.41, 5.74) is -2.56. The number of hydrogen-bond acceptors (Lipinski definition) is 3. The first-order valence-electron chi connectivity index (χ1n) is 7.11. The van der Waals surface area contributed by atoms with Gasteiger partial charge in [-0.25, -0.2) is 4.39 Å². The second-order valence-electron chi connectivity index (χ2n) is 5.14. The van der Waals surface area contributed by atoms with Gasteiger partial charge in [0.15, 0.2) is 0 Å². The van der Waals surface area contributed by atoms with Gasteiger partial charge >= 0.3 is 5.57 Å². The van der Waals surface area contributed by atoms with Crippen LogP contribution in [0.5, 0.6) is 5.75 Å². The normalized spacial score (nSPS) is 17.4. The highest BCUT2D eigenvalue weighted by atomic mass is 35.5. The molecule has 1 aliphatic rings. The minimum absolute atomic E-state index is 0.0824. The van der Waals surface area contributed by atoms with Crippen LogP contribution in [0.4, 0.5) is 18.9 Å². The van der Waals surface area contributed by atoms with Crippen molar-refractivity contribution in [2.45, 2.75) is 11.1 Å². The van der Waals surface area contributed by atoms with Crippen LogP contribution in [0.15, 0.2) is 61.1 Å². The van der Waals surface area contributed by atoms with Gasteiger partial charge in [0.25, 0.3) is 0 Å². The van der Waals surface area contributed by atoms with Crippen LogP contribution in [-0.4, -0.2) is 16.1 Å². The van der Waals surface area contributed by atoms with Crippen molar-refractivity contribution >= 4 is 34.5 Å². The Kier molecular flexibility index (Phi) is 4.92. The maximum Gasteiger partial charge on any atom is 0.487 e. The van der Waals surface area contributed by atoms with Crippen LogP contribution in [0.3, 0.4) is 0 Å². The highest BCUT2D eigenvalue weighted by Crippen LogP contribution is 2.34. The number of benzene rings is 1. The van der Waals surface area contributed by atoms with Gasteiger partial charge in [0.05, 0.1) is 6.20 Å². The molecule has 25 heavy (non-hydrogen) atoms. The average Bonchev–Trinajstić information content (AvgIpc) is 2.54. The molecule has 1 aliphatic heterocycles. The van der Waals surface area contributed by atoms with Crippen LogP contribution in [0.1, 0.15) is 5.56 Å². The summed E-state index contributed by atoms with van der Waals surface area (Å²) < 4.78 is 43.0. The summed E-state index contributed by atoms with van der Waals surface area (Å²) in [6, 6.07) is 7.16. The highest BCUT2D eigenvalue weighted by Gasteiger charge is 2.28. The van der Waals surface area contributed by atoms with Crippen LogP contribution in [0, 0.1) is 5.82 Å². The Labute approximate surface area is 151 Å². The molecule has 130 valence electrons. The van der Waals surface area contributed by atoms with Gasteiger partial charge in [-0.1, -0.05) is 17.7 Å². The molecule has 0 saturated carbocycles. The monoisotopic (exact) mass is 386 g/mol. The maximum atomic E-state index is 13.4. The Morgan fingerprint density at radius 1 is 1.16 bits per heavy atom. The number of anilines is 1. The van der Waals surface area contributed by atoms with Gasteiger partial charge in [-0.05, 0) is 42.0 Å². The first-order valence-corrected chi connectivity index (χ1v) is 7.92. The average molecular weight is 387 g/mol. The van der Waals surface area contributed by atoms with E-state index < -0.39 is 16.9 Å². The van der Waals surface area contributed by atoms with Crippen molar-refractivity contribution in [1.29, 1.82) is 0 Å². The molecule has 0 amide bonds. The second kappa shape index (κ2) is 6.98. The molecule has 0 spiro atoms. The van der Waals surface area contributed by atoms with Gasteiger partial charge in [0.2, 0.25) is 0 Å². The van der Waals surface area contributed by atoms with Crippen LogP contribution < -0.4 is 9.64 Å². The Hall–Kier alpha value is -2.18. The van der Waals surface area contributed by atoms with Gasteiger partial charge in [0.1, 0.15) is 17.1 Å². The molecule has 2 aromatic rings. The lowest BCUT2D eigenvalue weighted by molar-refractivity contribution is -0.0964. The quantitative estimate of drug-likeness (QED) is 0.521. The zero-order valence-electron chi connectivity index (χ0n) is 12.5. The van der Waals surface area contributed by atoms with Crippen molar-refractivity contribution in [3.05, 3.63) is 72.5 Å². The first-order chi connectivity index (χ1) is 11.8. The number of halogens is 5. The lowest BCUT2D eigenvalue weighted by Crippen LogP contribution is -2.28. The van der Waals surface area contributed by atoms with Gasteiger partial charge in [-0.15, -0.1) is 8.78 Å². The fraction of sp³-hybridized carbons (Fsp3) is 0.118. The Balaban J connectivity index is 1.82. The number of allylic oxidation sites excluding steroid dienone is 2. The van der Waals surface area contributed by atoms with E-state index in [1.54, 1.807) is 35.4 Å². The largest absolute Gasteiger partial charge is 0.487 e. The summed E-state index contributed by atoms with van der Waals surface area (Å²) in [4.78, 5) is 5.52. The third-order valence-corrected chi connectivity index (χ3v) is 3.95. The predicted octanol–water partition coefficient (Wildman–Crippen LogP) is 5.37. The van der Waals surface area contributed by atoms with E-state index in [-0.39, 0.29) is 5.75 Å². The SMILES string of the molecule is Fc1cncc(C2=CC=CN(c3ccc(OC(F)(F)Cl)cc3)C2Cl)c1. The van der Waals surface area contributed by atoms with Crippen LogP contribution >= 0.6 is 23.2 Å². The standard InChI is InChI=1S/C17H11Cl2F3N2O/c18-16-15(11-8-12(20)10-23-9-11)2-1-7-24(16)13-3-5-14(6-4-13)25-17(19,21)22/h1-10,16H. The fourth-order valence-electron chi connectivity index (χ4n) is 2.38. The number of pyridine rings is 1. The summed E-state index contributed by atoms with van der Waals surface area (Å²) in [5.74, 6) is -0.548. The van der Waals surface area contributed by atoms with E-state index in [9.17, 15) is 13.2 Å².